The predicted octanol–water partition coefficient (Wildman–Crippen LogP) is 3.19. The molecule has 0 aliphatic heterocycles. The number of nitrogens with two attached hydrogens (primary N) is 1. The minimum absolute atomic E-state index is 0.178. The van der Waals surface area contributed by atoms with Gasteiger partial charge in [-0.1, -0.05) is 11.6 Å². The number of fused-ring (bicyclic) bond motifs is 1. The maximum Gasteiger partial charge on any atom is 0.252 e. The van der Waals surface area contributed by atoms with Crippen molar-refractivity contribution >= 4 is 34.2 Å². The third-order valence-corrected chi connectivity index (χ3v) is 3.93. The molecule has 3 aromatic rings. The van der Waals surface area contributed by atoms with Crippen LogP contribution in [0.1, 0.15) is 20.8 Å². The number of primary amides is 1. The van der Waals surface area contributed by atoms with Crippen LogP contribution in [0.4, 0.5) is 0 Å². The van der Waals surface area contributed by atoms with E-state index < -0.39 is 5.91 Å². The van der Waals surface area contributed by atoms with Crippen molar-refractivity contribution in [1.29, 1.82) is 0 Å². The Morgan fingerprint density at radius 1 is 1.16 bits per heavy atom. The van der Waals surface area contributed by atoms with E-state index in [4.69, 9.17) is 26.8 Å². The van der Waals surface area contributed by atoms with Gasteiger partial charge in [-0.15, -0.1) is 0 Å². The van der Waals surface area contributed by atoms with Crippen molar-refractivity contribution < 1.29 is 19.1 Å². The first-order valence-corrected chi connectivity index (χ1v) is 7.78. The van der Waals surface area contributed by atoms with Gasteiger partial charge in [-0.05, 0) is 36.4 Å². The summed E-state index contributed by atoms with van der Waals surface area (Å²) in [5.74, 6) is -0.233. The van der Waals surface area contributed by atoms with Gasteiger partial charge >= 0.3 is 0 Å². The summed E-state index contributed by atoms with van der Waals surface area (Å²) >= 11 is 5.95. The predicted molar refractivity (Wildman–Crippen MR) is 94.6 cm³/mol. The normalized spacial score (nSPS) is 10.6. The summed E-state index contributed by atoms with van der Waals surface area (Å²) in [5.41, 5.74) is 6.69. The van der Waals surface area contributed by atoms with Crippen LogP contribution in [0.15, 0.2) is 42.5 Å². The quantitative estimate of drug-likeness (QED) is 0.661. The fourth-order valence-corrected chi connectivity index (χ4v) is 2.61. The van der Waals surface area contributed by atoms with Crippen molar-refractivity contribution in [2.45, 2.75) is 0 Å². The monoisotopic (exact) mass is 358 g/mol. The standard InChI is InChI=1S/C18H15ClN2O4/c1-24-12-3-4-13(18(20)23)17(8-12)25-9-16(22)15-7-10-6-11(19)2-5-14(10)21-15/h2-8,21H,9H2,1H3,(H2,20,23). The van der Waals surface area contributed by atoms with Gasteiger partial charge in [-0.3, -0.25) is 9.59 Å². The Labute approximate surface area is 148 Å². The van der Waals surface area contributed by atoms with Crippen LogP contribution in [0, 0.1) is 0 Å². The second-order valence-electron chi connectivity index (χ2n) is 5.35. The molecule has 1 amide bonds. The molecule has 0 saturated carbocycles. The molecule has 25 heavy (non-hydrogen) atoms. The Hall–Kier alpha value is -2.99. The Bertz CT molecular complexity index is 965. The van der Waals surface area contributed by atoms with Crippen LogP contribution in [-0.4, -0.2) is 30.4 Å². The molecule has 0 bridgehead atoms. The fourth-order valence-electron chi connectivity index (χ4n) is 2.43. The minimum Gasteiger partial charge on any atom is -0.497 e. The van der Waals surface area contributed by atoms with Crippen LogP contribution in [0.2, 0.25) is 5.02 Å². The van der Waals surface area contributed by atoms with Gasteiger partial charge in [-0.25, -0.2) is 0 Å². The Balaban J connectivity index is 1.80. The molecule has 3 rings (SSSR count). The highest BCUT2D eigenvalue weighted by molar-refractivity contribution is 6.31. The number of H-pyrrole nitrogens is 1. The number of halogens is 1. The van der Waals surface area contributed by atoms with Crippen LogP contribution >= 0.6 is 11.6 Å². The maximum absolute atomic E-state index is 12.4. The number of aromatic nitrogens is 1. The van der Waals surface area contributed by atoms with Gasteiger partial charge in [0.1, 0.15) is 11.5 Å². The molecule has 0 fully saturated rings. The first-order chi connectivity index (χ1) is 12.0. The molecular weight excluding hydrogens is 344 g/mol. The highest BCUT2D eigenvalue weighted by Gasteiger charge is 2.15. The largest absolute Gasteiger partial charge is 0.497 e. The van der Waals surface area contributed by atoms with Crippen LogP contribution in [0.3, 0.4) is 0 Å². The van der Waals surface area contributed by atoms with E-state index in [1.165, 1.54) is 19.2 Å². The van der Waals surface area contributed by atoms with Crippen LogP contribution in [0.25, 0.3) is 10.9 Å². The van der Waals surface area contributed by atoms with Gasteiger partial charge in [0.05, 0.1) is 18.4 Å². The Morgan fingerprint density at radius 2 is 1.96 bits per heavy atom. The van der Waals surface area contributed by atoms with E-state index in [1.54, 1.807) is 30.3 Å². The summed E-state index contributed by atoms with van der Waals surface area (Å²) in [7, 11) is 1.49. The molecule has 3 N–H and O–H groups in total. The topological polar surface area (TPSA) is 94.4 Å². The summed E-state index contributed by atoms with van der Waals surface area (Å²) in [5, 5.41) is 1.42. The van der Waals surface area contributed by atoms with E-state index in [0.29, 0.717) is 16.5 Å². The molecule has 0 unspecified atom stereocenters. The number of hydrogen-bond donors (Lipinski definition) is 2. The number of nitrogens with one attached hydrogen (secondary N) is 1. The zero-order valence-electron chi connectivity index (χ0n) is 13.3. The summed E-state index contributed by atoms with van der Waals surface area (Å²) in [6.07, 6.45) is 0. The molecule has 0 atom stereocenters. The number of methoxy groups -OCH3 is 1. The SMILES string of the molecule is COc1ccc(C(N)=O)c(OCC(=O)c2cc3cc(Cl)ccc3[nH]2)c1. The molecule has 0 aliphatic rings. The molecule has 1 aromatic heterocycles. The van der Waals surface area contributed by atoms with Crippen molar-refractivity contribution in [3.8, 4) is 11.5 Å². The Morgan fingerprint density at radius 3 is 2.68 bits per heavy atom. The number of carbonyl (C=O) groups is 2. The smallest absolute Gasteiger partial charge is 0.252 e. The number of benzene rings is 2. The first-order valence-electron chi connectivity index (χ1n) is 7.40. The minimum atomic E-state index is -0.648. The highest BCUT2D eigenvalue weighted by atomic mass is 35.5. The average molecular weight is 359 g/mol. The molecule has 7 heteroatoms. The van der Waals surface area contributed by atoms with Crippen molar-refractivity contribution in [3.63, 3.8) is 0 Å². The maximum atomic E-state index is 12.4. The molecule has 0 spiro atoms. The van der Waals surface area contributed by atoms with Crippen LogP contribution in [-0.2, 0) is 0 Å². The third-order valence-electron chi connectivity index (χ3n) is 3.70. The van der Waals surface area contributed by atoms with Gasteiger partial charge in [-0.2, -0.15) is 0 Å². The summed E-state index contributed by atoms with van der Waals surface area (Å²) < 4.78 is 10.6. The lowest BCUT2D eigenvalue weighted by atomic mass is 10.2. The number of carbonyl (C=O) groups excluding carboxylic acids is 2. The van der Waals surface area contributed by atoms with E-state index >= 15 is 0 Å². The van der Waals surface area contributed by atoms with Crippen molar-refractivity contribution in [1.82, 2.24) is 4.98 Å². The second-order valence-corrected chi connectivity index (χ2v) is 5.79. The molecule has 128 valence electrons. The number of ketones is 1. The van der Waals surface area contributed by atoms with Crippen LogP contribution < -0.4 is 15.2 Å². The van der Waals surface area contributed by atoms with Crippen LogP contribution in [0.5, 0.6) is 11.5 Å². The molecule has 0 radical (unpaired) electrons. The van der Waals surface area contributed by atoms with Crippen molar-refractivity contribution in [2.24, 2.45) is 5.73 Å². The van der Waals surface area contributed by atoms with Gasteiger partial charge in [0.15, 0.2) is 6.61 Å². The zero-order valence-corrected chi connectivity index (χ0v) is 14.1. The van der Waals surface area contributed by atoms with Gasteiger partial charge in [0.25, 0.3) is 5.91 Å². The molecule has 0 aliphatic carbocycles. The number of Topliss-reactive ketones (excluding diaryl/α,β-unsaturated/α-hetero) is 1. The lowest BCUT2D eigenvalue weighted by molar-refractivity contribution is 0.0908. The summed E-state index contributed by atoms with van der Waals surface area (Å²) in [4.78, 5) is 26.9. The summed E-state index contributed by atoms with van der Waals surface area (Å²) in [6.45, 7) is -0.256. The van der Waals surface area contributed by atoms with Gasteiger partial charge in [0.2, 0.25) is 5.78 Å². The highest BCUT2D eigenvalue weighted by Crippen LogP contribution is 2.25. The number of amides is 1. The molecular formula is C18H15ClN2O4. The summed E-state index contributed by atoms with van der Waals surface area (Å²) in [6, 6.07) is 11.6. The second kappa shape index (κ2) is 6.86. The van der Waals surface area contributed by atoms with E-state index in [9.17, 15) is 9.59 Å². The Kier molecular flexibility index (Phi) is 4.63. The molecule has 6 nitrogen and oxygen atoms in total. The number of hydrogen-bond acceptors (Lipinski definition) is 4. The molecule has 1 heterocycles. The van der Waals surface area contributed by atoms with E-state index in [2.05, 4.69) is 4.98 Å². The first kappa shape index (κ1) is 16.9. The zero-order chi connectivity index (χ0) is 18.0. The van der Waals surface area contributed by atoms with Gasteiger partial charge < -0.3 is 20.2 Å². The van der Waals surface area contributed by atoms with E-state index in [0.717, 1.165) is 10.9 Å². The molecule has 0 saturated heterocycles. The fraction of sp³-hybridized carbons (Fsp3) is 0.111. The number of aromatic amines is 1. The van der Waals surface area contributed by atoms with E-state index in [-0.39, 0.29) is 23.7 Å². The third kappa shape index (κ3) is 3.59. The average Bonchev–Trinajstić information content (AvgIpc) is 3.02. The van der Waals surface area contributed by atoms with Crippen molar-refractivity contribution in [3.05, 3.63) is 58.7 Å². The molecule has 2 aromatic carbocycles. The number of ether oxygens (including phenoxy) is 2. The van der Waals surface area contributed by atoms with Gasteiger partial charge in [0, 0.05) is 22.0 Å². The lowest BCUT2D eigenvalue weighted by Crippen LogP contribution is -2.16. The van der Waals surface area contributed by atoms with Crippen molar-refractivity contribution in [2.75, 3.05) is 13.7 Å². The number of rotatable bonds is 6. The lowest BCUT2D eigenvalue weighted by Gasteiger charge is -2.10. The van der Waals surface area contributed by atoms with E-state index in [1.807, 2.05) is 0 Å².